The van der Waals surface area contributed by atoms with Crippen LogP contribution in [0.4, 0.5) is 13.2 Å². The van der Waals surface area contributed by atoms with Crippen molar-refractivity contribution in [3.8, 4) is 17.2 Å². The van der Waals surface area contributed by atoms with Crippen molar-refractivity contribution in [3.05, 3.63) is 17.7 Å². The number of alkyl halides is 3. The number of nitrogens with one attached hydrogen (secondary N) is 2. The molecule has 0 aromatic heterocycles. The highest BCUT2D eigenvalue weighted by Crippen LogP contribution is 2.39. The highest BCUT2D eigenvalue weighted by atomic mass is 127. The Labute approximate surface area is 186 Å². The molecular formula is C18H28F3IN4O3. The van der Waals surface area contributed by atoms with Crippen molar-refractivity contribution in [2.45, 2.75) is 25.2 Å². The van der Waals surface area contributed by atoms with Gasteiger partial charge in [-0.1, -0.05) is 0 Å². The van der Waals surface area contributed by atoms with Crippen LogP contribution in [0.2, 0.25) is 0 Å². The fourth-order valence-corrected chi connectivity index (χ4v) is 3.22. The number of hydrogen-bond acceptors (Lipinski definition) is 5. The standard InChI is InChI=1S/C18H27F3N4O3.HI/c1-22-17(24-13-7-8-25(10-13)11-18(19,20)21)23-9-12-5-6-14(26-2)16(28-4)15(12)27-3;/h5-6,13H,7-11H2,1-4H3,(H2,22,23,24);1H. The zero-order chi connectivity index (χ0) is 20.7. The average Bonchev–Trinajstić information content (AvgIpc) is 3.08. The molecule has 29 heavy (non-hydrogen) atoms. The Bertz CT molecular complexity index is 689. The van der Waals surface area contributed by atoms with Crippen LogP contribution in [0, 0.1) is 0 Å². The Hall–Kier alpha value is -1.63. The predicted molar refractivity (Wildman–Crippen MR) is 116 cm³/mol. The van der Waals surface area contributed by atoms with E-state index in [0.29, 0.717) is 49.3 Å². The van der Waals surface area contributed by atoms with E-state index in [-0.39, 0.29) is 30.0 Å². The molecule has 1 heterocycles. The Kier molecular flexibility index (Phi) is 10.1. The highest BCUT2D eigenvalue weighted by Gasteiger charge is 2.34. The summed E-state index contributed by atoms with van der Waals surface area (Å²) >= 11 is 0. The van der Waals surface area contributed by atoms with Gasteiger partial charge in [0.1, 0.15) is 0 Å². The van der Waals surface area contributed by atoms with Crippen LogP contribution in [0.5, 0.6) is 17.2 Å². The lowest BCUT2D eigenvalue weighted by molar-refractivity contribution is -0.143. The van der Waals surface area contributed by atoms with Crippen LogP contribution in [0.25, 0.3) is 0 Å². The van der Waals surface area contributed by atoms with Gasteiger partial charge in [0.2, 0.25) is 5.75 Å². The summed E-state index contributed by atoms with van der Waals surface area (Å²) in [6.45, 7) is 0.222. The van der Waals surface area contributed by atoms with E-state index in [1.807, 2.05) is 6.07 Å². The number of rotatable bonds is 7. The third kappa shape index (κ3) is 7.28. The summed E-state index contributed by atoms with van der Waals surface area (Å²) in [5.41, 5.74) is 0.827. The van der Waals surface area contributed by atoms with Crippen molar-refractivity contribution in [1.82, 2.24) is 15.5 Å². The van der Waals surface area contributed by atoms with Gasteiger partial charge in [0.15, 0.2) is 17.5 Å². The molecule has 11 heteroatoms. The number of ether oxygens (including phenoxy) is 3. The van der Waals surface area contributed by atoms with E-state index in [1.165, 1.54) is 12.0 Å². The number of aliphatic imine (C=N–C) groups is 1. The van der Waals surface area contributed by atoms with E-state index in [4.69, 9.17) is 14.2 Å². The topological polar surface area (TPSA) is 67.4 Å². The summed E-state index contributed by atoms with van der Waals surface area (Å²) in [6.07, 6.45) is -3.56. The Morgan fingerprint density at radius 3 is 2.41 bits per heavy atom. The molecule has 7 nitrogen and oxygen atoms in total. The van der Waals surface area contributed by atoms with Crippen LogP contribution in [-0.2, 0) is 6.54 Å². The normalized spacial score (nSPS) is 17.5. The third-order valence-electron chi connectivity index (χ3n) is 4.47. The lowest BCUT2D eigenvalue weighted by atomic mass is 10.1. The monoisotopic (exact) mass is 532 g/mol. The third-order valence-corrected chi connectivity index (χ3v) is 4.47. The molecule has 0 radical (unpaired) electrons. The molecule has 2 N–H and O–H groups in total. The molecule has 2 rings (SSSR count). The Morgan fingerprint density at radius 1 is 1.17 bits per heavy atom. The molecule has 0 aliphatic carbocycles. The SMILES string of the molecule is CN=C(NCc1ccc(OC)c(OC)c1OC)NC1CCN(CC(F)(F)F)C1.I. The minimum Gasteiger partial charge on any atom is -0.493 e. The molecule has 1 aromatic carbocycles. The number of methoxy groups -OCH3 is 3. The molecule has 1 aliphatic heterocycles. The number of halogens is 4. The molecule has 1 aromatic rings. The first-order valence-corrected chi connectivity index (χ1v) is 8.85. The summed E-state index contributed by atoms with van der Waals surface area (Å²) in [5, 5.41) is 6.33. The van der Waals surface area contributed by atoms with E-state index >= 15 is 0 Å². The first-order chi connectivity index (χ1) is 13.3. The van der Waals surface area contributed by atoms with Gasteiger partial charge in [-0.25, -0.2) is 0 Å². The molecule has 0 saturated carbocycles. The second-order valence-corrected chi connectivity index (χ2v) is 6.40. The second-order valence-electron chi connectivity index (χ2n) is 6.40. The van der Waals surface area contributed by atoms with Gasteiger partial charge in [-0.05, 0) is 18.6 Å². The summed E-state index contributed by atoms with van der Waals surface area (Å²) in [6, 6.07) is 3.53. The van der Waals surface area contributed by atoms with E-state index in [2.05, 4.69) is 15.6 Å². The number of likely N-dealkylation sites (tertiary alicyclic amines) is 1. The van der Waals surface area contributed by atoms with Crippen molar-refractivity contribution in [3.63, 3.8) is 0 Å². The van der Waals surface area contributed by atoms with Gasteiger partial charge < -0.3 is 24.8 Å². The van der Waals surface area contributed by atoms with Crippen LogP contribution in [0.1, 0.15) is 12.0 Å². The molecule has 0 amide bonds. The molecule has 1 unspecified atom stereocenters. The Balaban J connectivity index is 0.00000420. The lowest BCUT2D eigenvalue weighted by Crippen LogP contribution is -2.44. The zero-order valence-corrected chi connectivity index (χ0v) is 19.3. The second kappa shape index (κ2) is 11.5. The van der Waals surface area contributed by atoms with Crippen molar-refractivity contribution < 1.29 is 27.4 Å². The average molecular weight is 532 g/mol. The van der Waals surface area contributed by atoms with Crippen molar-refractivity contribution >= 4 is 29.9 Å². The first kappa shape index (κ1) is 25.4. The van der Waals surface area contributed by atoms with Gasteiger partial charge in [-0.3, -0.25) is 9.89 Å². The predicted octanol–water partition coefficient (Wildman–Crippen LogP) is 2.63. The minimum absolute atomic E-state index is 0. The smallest absolute Gasteiger partial charge is 0.401 e. The van der Waals surface area contributed by atoms with Gasteiger partial charge in [0.25, 0.3) is 0 Å². The van der Waals surface area contributed by atoms with Gasteiger partial charge in [-0.15, -0.1) is 24.0 Å². The van der Waals surface area contributed by atoms with E-state index < -0.39 is 12.7 Å². The van der Waals surface area contributed by atoms with Crippen LogP contribution in [0.15, 0.2) is 17.1 Å². The summed E-state index contributed by atoms with van der Waals surface area (Å²) in [5.74, 6) is 2.10. The maximum Gasteiger partial charge on any atom is 0.401 e. The largest absolute Gasteiger partial charge is 0.493 e. The Morgan fingerprint density at radius 2 is 1.86 bits per heavy atom. The maximum absolute atomic E-state index is 12.5. The van der Waals surface area contributed by atoms with E-state index in [1.54, 1.807) is 27.3 Å². The van der Waals surface area contributed by atoms with Crippen molar-refractivity contribution in [1.29, 1.82) is 0 Å². The molecule has 166 valence electrons. The van der Waals surface area contributed by atoms with Crippen LogP contribution < -0.4 is 24.8 Å². The molecule has 0 spiro atoms. The van der Waals surface area contributed by atoms with E-state index in [0.717, 1.165) is 5.56 Å². The fraction of sp³-hybridized carbons (Fsp3) is 0.611. The molecule has 1 atom stereocenters. The number of benzene rings is 1. The number of hydrogen-bond donors (Lipinski definition) is 2. The van der Waals surface area contributed by atoms with Gasteiger partial charge in [0, 0.05) is 38.3 Å². The van der Waals surface area contributed by atoms with Crippen LogP contribution >= 0.6 is 24.0 Å². The molecule has 1 fully saturated rings. The summed E-state index contributed by atoms with van der Waals surface area (Å²) < 4.78 is 53.7. The molecule has 1 saturated heterocycles. The van der Waals surface area contributed by atoms with Crippen LogP contribution in [-0.4, -0.2) is 71.1 Å². The maximum atomic E-state index is 12.5. The number of nitrogens with zero attached hydrogens (tertiary/aromatic N) is 2. The molecule has 1 aliphatic rings. The van der Waals surface area contributed by atoms with Crippen molar-refractivity contribution in [2.75, 3.05) is 48.0 Å². The quantitative estimate of drug-likeness (QED) is 0.320. The molecule has 0 bridgehead atoms. The lowest BCUT2D eigenvalue weighted by Gasteiger charge is -2.20. The van der Waals surface area contributed by atoms with Gasteiger partial charge in [-0.2, -0.15) is 13.2 Å². The molecular weight excluding hydrogens is 504 g/mol. The summed E-state index contributed by atoms with van der Waals surface area (Å²) in [4.78, 5) is 5.55. The number of guanidine groups is 1. The summed E-state index contributed by atoms with van der Waals surface area (Å²) in [7, 11) is 6.24. The zero-order valence-electron chi connectivity index (χ0n) is 16.9. The van der Waals surface area contributed by atoms with Gasteiger partial charge >= 0.3 is 6.18 Å². The van der Waals surface area contributed by atoms with Crippen LogP contribution in [0.3, 0.4) is 0 Å². The first-order valence-electron chi connectivity index (χ1n) is 8.85. The fourth-order valence-electron chi connectivity index (χ4n) is 3.22. The van der Waals surface area contributed by atoms with Gasteiger partial charge in [0.05, 0.1) is 27.9 Å². The van der Waals surface area contributed by atoms with E-state index in [9.17, 15) is 13.2 Å². The highest BCUT2D eigenvalue weighted by molar-refractivity contribution is 14.0. The minimum atomic E-state index is -4.18. The van der Waals surface area contributed by atoms with Crippen molar-refractivity contribution in [2.24, 2.45) is 4.99 Å².